The molecule has 0 saturated heterocycles. The molecule has 0 aromatic heterocycles. The van der Waals surface area contributed by atoms with Gasteiger partial charge >= 0.3 is 11.9 Å². The molecule has 1 amide bonds. The van der Waals surface area contributed by atoms with E-state index in [2.05, 4.69) is 20.8 Å². The van der Waals surface area contributed by atoms with Crippen molar-refractivity contribution in [3.8, 4) is 17.2 Å². The van der Waals surface area contributed by atoms with Crippen LogP contribution in [0.1, 0.15) is 49.2 Å². The van der Waals surface area contributed by atoms with E-state index in [0.29, 0.717) is 39.8 Å². The van der Waals surface area contributed by atoms with Crippen molar-refractivity contribution < 1.29 is 24.2 Å². The van der Waals surface area contributed by atoms with Gasteiger partial charge in [-0.3, -0.25) is 9.44 Å². The standard InChI is InChI=1S/C29H33NO6S/c1-6-30(34,23-10-8-7-9-11-23)28(33)21-13-15-24(22(18-21)19-37-29(2,3)4)36-26-16-20(17-27(31)32)12-14-25(26)35-5/h7-16,18H,6,17,19H2,1-5H3,(H,31,32). The maximum atomic E-state index is 13.7. The lowest BCUT2D eigenvalue weighted by atomic mass is 10.1. The Labute approximate surface area is 222 Å². The number of carbonyl (C=O) groups is 2. The van der Waals surface area contributed by atoms with Gasteiger partial charge in [-0.05, 0) is 55.0 Å². The zero-order valence-electron chi connectivity index (χ0n) is 21.8. The highest BCUT2D eigenvalue weighted by Gasteiger charge is 2.30. The summed E-state index contributed by atoms with van der Waals surface area (Å²) < 4.78 is 10.5. The molecular formula is C29H33NO6S. The molecule has 8 heteroatoms. The van der Waals surface area contributed by atoms with E-state index >= 15 is 0 Å². The first-order valence-corrected chi connectivity index (χ1v) is 13.0. The maximum absolute atomic E-state index is 13.7. The molecule has 0 aliphatic rings. The number of hydrogen-bond donors (Lipinski definition) is 1. The highest BCUT2D eigenvalue weighted by atomic mass is 32.2. The minimum absolute atomic E-state index is 0.0534. The third-order valence-corrected chi connectivity index (χ3v) is 7.04. The third kappa shape index (κ3) is 7.13. The summed E-state index contributed by atoms with van der Waals surface area (Å²) in [4.78, 5) is 24.7. The summed E-state index contributed by atoms with van der Waals surface area (Å²) in [6.45, 7) is 8.04. The molecule has 3 rings (SSSR count). The van der Waals surface area contributed by atoms with Crippen molar-refractivity contribution in [2.75, 3.05) is 13.7 Å². The van der Waals surface area contributed by atoms with E-state index in [0.717, 1.165) is 5.56 Å². The van der Waals surface area contributed by atoms with Gasteiger partial charge in [-0.25, -0.2) is 4.79 Å². The average Bonchev–Trinajstić information content (AvgIpc) is 2.87. The number of hydroxylamine groups is 2. The molecule has 37 heavy (non-hydrogen) atoms. The molecule has 0 heterocycles. The van der Waals surface area contributed by atoms with Crippen LogP contribution in [0.4, 0.5) is 5.69 Å². The fourth-order valence-corrected chi connectivity index (χ4v) is 4.56. The highest BCUT2D eigenvalue weighted by Crippen LogP contribution is 2.38. The number of carboxylic acid groups (broad SMARTS) is 1. The number of rotatable bonds is 10. The number of aliphatic carboxylic acids is 1. The number of carboxylic acids is 1. The molecule has 1 N–H and O–H groups in total. The fraction of sp³-hybridized carbons (Fsp3) is 0.310. The monoisotopic (exact) mass is 523 g/mol. The Bertz CT molecular complexity index is 1250. The molecule has 0 aliphatic carbocycles. The summed E-state index contributed by atoms with van der Waals surface area (Å²) in [5.74, 6) is 0.355. The van der Waals surface area contributed by atoms with E-state index < -0.39 is 16.5 Å². The number of benzene rings is 3. The molecule has 0 radical (unpaired) electrons. The second-order valence-corrected chi connectivity index (χ2v) is 11.4. The number of thioether (sulfide) groups is 1. The number of nitrogens with zero attached hydrogens (tertiary/aromatic N) is 1. The number of para-hydroxylation sites is 1. The predicted molar refractivity (Wildman–Crippen MR) is 148 cm³/mol. The molecule has 196 valence electrons. The summed E-state index contributed by atoms with van der Waals surface area (Å²) >= 11 is 1.68. The van der Waals surface area contributed by atoms with E-state index in [-0.39, 0.29) is 17.7 Å². The van der Waals surface area contributed by atoms with Crippen molar-refractivity contribution in [1.82, 2.24) is 4.65 Å². The molecule has 0 bridgehead atoms. The first-order chi connectivity index (χ1) is 17.5. The van der Waals surface area contributed by atoms with Crippen LogP contribution in [-0.4, -0.2) is 35.4 Å². The summed E-state index contributed by atoms with van der Waals surface area (Å²) in [5.41, 5.74) is 1.98. The van der Waals surface area contributed by atoms with Crippen LogP contribution in [0.5, 0.6) is 17.2 Å². The van der Waals surface area contributed by atoms with Crippen molar-refractivity contribution in [2.45, 2.75) is 44.6 Å². The molecule has 7 nitrogen and oxygen atoms in total. The van der Waals surface area contributed by atoms with Gasteiger partial charge in [-0.15, -0.1) is 0 Å². The van der Waals surface area contributed by atoms with Crippen LogP contribution >= 0.6 is 11.8 Å². The molecule has 3 aromatic carbocycles. The smallest absolute Gasteiger partial charge is 0.350 e. The quantitative estimate of drug-likeness (QED) is 0.230. The Balaban J connectivity index is 2.03. The predicted octanol–water partition coefficient (Wildman–Crippen LogP) is 6.81. The zero-order valence-corrected chi connectivity index (χ0v) is 22.6. The van der Waals surface area contributed by atoms with E-state index in [9.17, 15) is 19.9 Å². The summed E-state index contributed by atoms with van der Waals surface area (Å²) in [6, 6.07) is 18.6. The number of quaternary nitrogens is 1. The van der Waals surface area contributed by atoms with E-state index in [1.807, 2.05) is 6.07 Å². The van der Waals surface area contributed by atoms with Crippen LogP contribution in [0.25, 0.3) is 0 Å². The minimum Gasteiger partial charge on any atom is -0.619 e. The molecule has 3 aromatic rings. The Morgan fingerprint density at radius 2 is 1.65 bits per heavy atom. The van der Waals surface area contributed by atoms with Crippen LogP contribution in [0.3, 0.4) is 0 Å². The van der Waals surface area contributed by atoms with Gasteiger partial charge < -0.3 is 19.8 Å². The Hall–Kier alpha value is -3.33. The van der Waals surface area contributed by atoms with Crippen molar-refractivity contribution in [3.05, 3.63) is 88.6 Å². The van der Waals surface area contributed by atoms with E-state index in [1.165, 1.54) is 7.11 Å². The summed E-state index contributed by atoms with van der Waals surface area (Å²) in [6.07, 6.45) is -0.152. The van der Waals surface area contributed by atoms with Crippen molar-refractivity contribution in [2.24, 2.45) is 0 Å². The summed E-state index contributed by atoms with van der Waals surface area (Å²) in [5, 5.41) is 22.9. The Morgan fingerprint density at radius 1 is 0.973 bits per heavy atom. The van der Waals surface area contributed by atoms with Crippen LogP contribution in [0.15, 0.2) is 66.7 Å². The van der Waals surface area contributed by atoms with E-state index in [1.54, 1.807) is 79.3 Å². The minimum atomic E-state index is -1.10. The molecule has 0 fully saturated rings. The van der Waals surface area contributed by atoms with Gasteiger partial charge in [-0.2, -0.15) is 11.8 Å². The number of ether oxygens (including phenoxy) is 2. The molecular weight excluding hydrogens is 490 g/mol. The SMILES string of the molecule is CC[N+]([O-])(C(=O)c1ccc(Oc2cc(CC(=O)O)ccc2OC)c(CSC(C)(C)C)c1)c1ccccc1. The molecule has 0 spiro atoms. The summed E-state index contributed by atoms with van der Waals surface area (Å²) in [7, 11) is 1.51. The Kier molecular flexibility index (Phi) is 9.02. The first-order valence-electron chi connectivity index (χ1n) is 12.0. The number of hydrogen-bond acceptors (Lipinski definition) is 6. The van der Waals surface area contributed by atoms with Crippen LogP contribution in [0.2, 0.25) is 0 Å². The van der Waals surface area contributed by atoms with Gasteiger partial charge in [-0.1, -0.05) is 45.0 Å². The van der Waals surface area contributed by atoms with Crippen molar-refractivity contribution in [3.63, 3.8) is 0 Å². The molecule has 1 atom stereocenters. The van der Waals surface area contributed by atoms with Gasteiger partial charge in [0.2, 0.25) is 0 Å². The molecule has 0 aliphatic heterocycles. The van der Waals surface area contributed by atoms with Crippen molar-refractivity contribution in [1.29, 1.82) is 0 Å². The van der Waals surface area contributed by atoms with Gasteiger partial charge in [0, 0.05) is 16.1 Å². The molecule has 1 unspecified atom stereocenters. The van der Waals surface area contributed by atoms with E-state index in [4.69, 9.17) is 9.47 Å². The van der Waals surface area contributed by atoms with Gasteiger partial charge in [0.1, 0.15) is 11.4 Å². The average molecular weight is 524 g/mol. The highest BCUT2D eigenvalue weighted by molar-refractivity contribution is 7.99. The second kappa shape index (κ2) is 11.8. The molecule has 0 saturated carbocycles. The largest absolute Gasteiger partial charge is 0.619 e. The lowest BCUT2D eigenvalue weighted by molar-refractivity contribution is -0.136. The normalized spacial score (nSPS) is 13.0. The first kappa shape index (κ1) is 28.2. The van der Waals surface area contributed by atoms with Crippen LogP contribution < -0.4 is 14.1 Å². The lowest BCUT2D eigenvalue weighted by Crippen LogP contribution is -2.48. The van der Waals surface area contributed by atoms with Gasteiger partial charge in [0.15, 0.2) is 11.5 Å². The fourth-order valence-electron chi connectivity index (χ4n) is 3.74. The number of carbonyl (C=O) groups excluding carboxylic acids is 1. The lowest BCUT2D eigenvalue weighted by Gasteiger charge is -2.38. The van der Waals surface area contributed by atoms with Crippen molar-refractivity contribution >= 4 is 29.3 Å². The van der Waals surface area contributed by atoms with Crippen LogP contribution in [0, 0.1) is 5.21 Å². The van der Waals surface area contributed by atoms with Gasteiger partial charge in [0.25, 0.3) is 0 Å². The third-order valence-electron chi connectivity index (χ3n) is 5.72. The second-order valence-electron chi connectivity index (χ2n) is 9.58. The Morgan fingerprint density at radius 3 is 2.24 bits per heavy atom. The number of methoxy groups -OCH3 is 1. The van der Waals surface area contributed by atoms with Crippen LogP contribution in [-0.2, 0) is 17.0 Å². The zero-order chi connectivity index (χ0) is 27.2. The number of amides is 1. The maximum Gasteiger partial charge on any atom is 0.350 e. The topological polar surface area (TPSA) is 95.9 Å². The van der Waals surface area contributed by atoms with Gasteiger partial charge in [0.05, 0.1) is 25.6 Å².